The second kappa shape index (κ2) is 6.58. The summed E-state index contributed by atoms with van der Waals surface area (Å²) < 4.78 is 0. The van der Waals surface area contributed by atoms with Gasteiger partial charge in [-0.1, -0.05) is 46.7 Å². The fourth-order valence-electron chi connectivity index (χ4n) is 1.55. The number of aromatic nitrogens is 2. The van der Waals surface area contributed by atoms with E-state index in [1.807, 2.05) is 31.2 Å². The number of nitrogens with two attached hydrogens (primary N) is 1. The number of halogens is 1. The van der Waals surface area contributed by atoms with Gasteiger partial charge in [0.1, 0.15) is 5.69 Å². The Balaban J connectivity index is 2.18. The summed E-state index contributed by atoms with van der Waals surface area (Å²) in [4.78, 5) is 8.55. The number of amidine groups is 1. The first-order valence-electron chi connectivity index (χ1n) is 5.80. The van der Waals surface area contributed by atoms with Crippen molar-refractivity contribution in [3.8, 4) is 0 Å². The molecule has 0 aliphatic rings. The van der Waals surface area contributed by atoms with E-state index in [-0.39, 0.29) is 5.84 Å². The maximum absolute atomic E-state index is 8.69. The summed E-state index contributed by atoms with van der Waals surface area (Å²) in [6.45, 7) is 1.83. The van der Waals surface area contributed by atoms with Crippen LogP contribution in [-0.4, -0.2) is 21.0 Å². The Hall–Kier alpha value is -1.79. The quantitative estimate of drug-likeness (QED) is 0.226. The second-order valence-electron chi connectivity index (χ2n) is 4.04. The molecule has 1 aromatic carbocycles. The molecule has 0 saturated heterocycles. The molecule has 104 valence electrons. The normalized spacial score (nSPS) is 11.6. The van der Waals surface area contributed by atoms with Crippen LogP contribution in [0.5, 0.6) is 0 Å². The fraction of sp³-hybridized carbons (Fsp3) is 0.154. The standard InChI is InChI=1S/C13H13ClN4OS/c1-8-6-11(12(15)18-19)17-13(16-8)20-7-9-4-2-3-5-10(9)14/h2-6,19H,7H2,1H3,(H2,15,18). The summed E-state index contributed by atoms with van der Waals surface area (Å²) in [7, 11) is 0. The molecule has 5 nitrogen and oxygen atoms in total. The smallest absolute Gasteiger partial charge is 0.188 e. The van der Waals surface area contributed by atoms with Gasteiger partial charge in [0.15, 0.2) is 11.0 Å². The number of aryl methyl sites for hydroxylation is 1. The van der Waals surface area contributed by atoms with Crippen LogP contribution < -0.4 is 5.73 Å². The van der Waals surface area contributed by atoms with Gasteiger partial charge in [0, 0.05) is 16.5 Å². The van der Waals surface area contributed by atoms with Gasteiger partial charge in [-0.25, -0.2) is 9.97 Å². The summed E-state index contributed by atoms with van der Waals surface area (Å²) in [6, 6.07) is 9.28. The Morgan fingerprint density at radius 1 is 1.40 bits per heavy atom. The maximum atomic E-state index is 8.69. The number of hydrogen-bond donors (Lipinski definition) is 2. The third kappa shape index (κ3) is 3.61. The average Bonchev–Trinajstić information content (AvgIpc) is 2.45. The van der Waals surface area contributed by atoms with Crippen LogP contribution in [0.1, 0.15) is 17.0 Å². The van der Waals surface area contributed by atoms with E-state index in [1.165, 1.54) is 11.8 Å². The Morgan fingerprint density at radius 3 is 2.85 bits per heavy atom. The van der Waals surface area contributed by atoms with E-state index in [1.54, 1.807) is 6.07 Å². The van der Waals surface area contributed by atoms with Crippen LogP contribution in [-0.2, 0) is 5.75 Å². The topological polar surface area (TPSA) is 84.4 Å². The summed E-state index contributed by atoms with van der Waals surface area (Å²) in [5, 5.41) is 12.9. The van der Waals surface area contributed by atoms with E-state index in [4.69, 9.17) is 22.5 Å². The molecule has 0 bridgehead atoms. The van der Waals surface area contributed by atoms with Crippen molar-refractivity contribution in [3.05, 3.63) is 52.3 Å². The van der Waals surface area contributed by atoms with E-state index in [0.29, 0.717) is 21.6 Å². The molecule has 0 amide bonds. The number of nitrogens with zero attached hydrogens (tertiary/aromatic N) is 3. The molecule has 0 fully saturated rings. The number of thioether (sulfide) groups is 1. The minimum absolute atomic E-state index is 0.0323. The molecule has 0 radical (unpaired) electrons. The zero-order chi connectivity index (χ0) is 14.5. The minimum Gasteiger partial charge on any atom is -0.409 e. The lowest BCUT2D eigenvalue weighted by atomic mass is 10.2. The average molecular weight is 309 g/mol. The zero-order valence-corrected chi connectivity index (χ0v) is 12.3. The van der Waals surface area contributed by atoms with Gasteiger partial charge >= 0.3 is 0 Å². The molecule has 3 N–H and O–H groups in total. The van der Waals surface area contributed by atoms with Gasteiger partial charge in [-0.05, 0) is 24.6 Å². The first-order chi connectivity index (χ1) is 9.60. The van der Waals surface area contributed by atoms with Crippen LogP contribution in [0, 0.1) is 6.92 Å². The van der Waals surface area contributed by atoms with E-state index >= 15 is 0 Å². The fourth-order valence-corrected chi connectivity index (χ4v) is 2.74. The van der Waals surface area contributed by atoms with Crippen LogP contribution in [0.4, 0.5) is 0 Å². The third-order valence-electron chi connectivity index (χ3n) is 2.52. The predicted molar refractivity (Wildman–Crippen MR) is 80.3 cm³/mol. The van der Waals surface area contributed by atoms with Crippen LogP contribution in [0.25, 0.3) is 0 Å². The van der Waals surface area contributed by atoms with E-state index in [2.05, 4.69) is 15.1 Å². The van der Waals surface area contributed by atoms with Crippen LogP contribution in [0.15, 0.2) is 40.6 Å². The molecule has 0 atom stereocenters. The molecule has 20 heavy (non-hydrogen) atoms. The lowest BCUT2D eigenvalue weighted by molar-refractivity contribution is 0.318. The molecular formula is C13H13ClN4OS. The summed E-state index contributed by atoms with van der Waals surface area (Å²) in [5.74, 6) is 0.619. The Labute approximate surface area is 125 Å². The summed E-state index contributed by atoms with van der Waals surface area (Å²) in [6.07, 6.45) is 0. The Morgan fingerprint density at radius 2 is 2.15 bits per heavy atom. The van der Waals surface area contributed by atoms with Crippen molar-refractivity contribution in [2.45, 2.75) is 17.8 Å². The van der Waals surface area contributed by atoms with Gasteiger partial charge in [-0.15, -0.1) is 0 Å². The van der Waals surface area contributed by atoms with Gasteiger partial charge in [0.2, 0.25) is 0 Å². The number of hydrogen-bond acceptors (Lipinski definition) is 5. The maximum Gasteiger partial charge on any atom is 0.188 e. The molecule has 1 heterocycles. The molecular weight excluding hydrogens is 296 g/mol. The summed E-state index contributed by atoms with van der Waals surface area (Å²) in [5.41, 5.74) is 7.71. The molecule has 0 spiro atoms. The Bertz CT molecular complexity index is 648. The van der Waals surface area contributed by atoms with Crippen LogP contribution in [0.2, 0.25) is 5.02 Å². The van der Waals surface area contributed by atoms with Crippen LogP contribution in [0.3, 0.4) is 0 Å². The predicted octanol–water partition coefficient (Wildman–Crippen LogP) is 2.83. The van der Waals surface area contributed by atoms with Crippen molar-refractivity contribution in [2.75, 3.05) is 0 Å². The highest BCUT2D eigenvalue weighted by Gasteiger charge is 2.08. The molecule has 2 rings (SSSR count). The lowest BCUT2D eigenvalue weighted by Crippen LogP contribution is -2.16. The van der Waals surface area contributed by atoms with Gasteiger partial charge in [-0.2, -0.15) is 0 Å². The molecule has 0 unspecified atom stereocenters. The summed E-state index contributed by atoms with van der Waals surface area (Å²) >= 11 is 7.54. The molecule has 7 heteroatoms. The number of oxime groups is 1. The highest BCUT2D eigenvalue weighted by Crippen LogP contribution is 2.24. The zero-order valence-electron chi connectivity index (χ0n) is 10.7. The van der Waals surface area contributed by atoms with Crippen LogP contribution >= 0.6 is 23.4 Å². The van der Waals surface area contributed by atoms with Gasteiger partial charge in [0.05, 0.1) is 0 Å². The first-order valence-corrected chi connectivity index (χ1v) is 7.16. The van der Waals surface area contributed by atoms with E-state index < -0.39 is 0 Å². The number of rotatable bonds is 4. The van der Waals surface area contributed by atoms with Crippen molar-refractivity contribution < 1.29 is 5.21 Å². The Kier molecular flexibility index (Phi) is 4.81. The molecule has 0 aliphatic heterocycles. The molecule has 0 aliphatic carbocycles. The van der Waals surface area contributed by atoms with Crippen molar-refractivity contribution in [1.82, 2.24) is 9.97 Å². The third-order valence-corrected chi connectivity index (χ3v) is 3.78. The minimum atomic E-state index is -0.0323. The van der Waals surface area contributed by atoms with Crippen molar-refractivity contribution >= 4 is 29.2 Å². The van der Waals surface area contributed by atoms with Gasteiger partial charge < -0.3 is 10.9 Å². The second-order valence-corrected chi connectivity index (χ2v) is 5.39. The first kappa shape index (κ1) is 14.6. The van der Waals surface area contributed by atoms with E-state index in [0.717, 1.165) is 11.3 Å². The van der Waals surface area contributed by atoms with Gasteiger partial charge in [0.25, 0.3) is 0 Å². The molecule has 0 saturated carbocycles. The van der Waals surface area contributed by atoms with Crippen molar-refractivity contribution in [3.63, 3.8) is 0 Å². The van der Waals surface area contributed by atoms with Crippen molar-refractivity contribution in [2.24, 2.45) is 10.9 Å². The lowest BCUT2D eigenvalue weighted by Gasteiger charge is -2.06. The highest BCUT2D eigenvalue weighted by molar-refractivity contribution is 7.98. The molecule has 1 aromatic heterocycles. The van der Waals surface area contributed by atoms with E-state index in [9.17, 15) is 0 Å². The molecule has 2 aromatic rings. The monoisotopic (exact) mass is 308 g/mol. The van der Waals surface area contributed by atoms with Gasteiger partial charge in [-0.3, -0.25) is 0 Å². The number of benzene rings is 1. The van der Waals surface area contributed by atoms with Crippen molar-refractivity contribution in [1.29, 1.82) is 0 Å². The largest absolute Gasteiger partial charge is 0.409 e. The highest BCUT2D eigenvalue weighted by atomic mass is 35.5. The SMILES string of the molecule is Cc1cc(/C(N)=N/O)nc(SCc2ccccc2Cl)n1.